The highest BCUT2D eigenvalue weighted by Crippen LogP contribution is 2.36. The molecule has 3 heterocycles. The molecule has 2 aromatic rings. The van der Waals surface area contributed by atoms with E-state index >= 15 is 0 Å². The number of amides is 1. The number of benzene rings is 1. The maximum atomic E-state index is 12.7. The van der Waals surface area contributed by atoms with Gasteiger partial charge in [0, 0.05) is 31.4 Å². The summed E-state index contributed by atoms with van der Waals surface area (Å²) < 4.78 is 2.15. The van der Waals surface area contributed by atoms with Crippen LogP contribution >= 0.6 is 11.8 Å². The molecule has 0 fully saturated rings. The van der Waals surface area contributed by atoms with Crippen molar-refractivity contribution < 1.29 is 4.79 Å². The normalized spacial score (nSPS) is 23.5. The Labute approximate surface area is 134 Å². The first kappa shape index (κ1) is 13.9. The Morgan fingerprint density at radius 2 is 2.23 bits per heavy atom. The molecule has 2 aliphatic heterocycles. The highest BCUT2D eigenvalue weighted by atomic mass is 32.2. The second-order valence-corrected chi connectivity index (χ2v) is 7.15. The number of thioether (sulfide) groups is 1. The van der Waals surface area contributed by atoms with Gasteiger partial charge in [-0.2, -0.15) is 0 Å². The van der Waals surface area contributed by atoms with Gasteiger partial charge in [0.25, 0.3) is 0 Å². The molecule has 1 aromatic carbocycles. The number of aryl methyl sites for hydroxylation is 2. The van der Waals surface area contributed by atoms with Crippen LogP contribution in [0.1, 0.15) is 28.6 Å². The van der Waals surface area contributed by atoms with E-state index in [2.05, 4.69) is 33.1 Å². The number of imidazole rings is 1. The number of nitrogens with one attached hydrogen (secondary N) is 1. The van der Waals surface area contributed by atoms with Crippen LogP contribution in [0.25, 0.3) is 0 Å². The minimum Gasteiger partial charge on any atom is -0.350 e. The van der Waals surface area contributed by atoms with Crippen LogP contribution in [-0.2, 0) is 24.2 Å². The third kappa shape index (κ3) is 2.54. The molecule has 0 radical (unpaired) electrons. The summed E-state index contributed by atoms with van der Waals surface area (Å²) in [5, 5.41) is 3.19. The summed E-state index contributed by atoms with van der Waals surface area (Å²) in [7, 11) is 0. The molecule has 4 nitrogen and oxygen atoms in total. The van der Waals surface area contributed by atoms with Gasteiger partial charge in [0.05, 0.1) is 0 Å². The first-order chi connectivity index (χ1) is 10.8. The van der Waals surface area contributed by atoms with Crippen molar-refractivity contribution in [1.29, 1.82) is 0 Å². The zero-order valence-corrected chi connectivity index (χ0v) is 13.2. The van der Waals surface area contributed by atoms with Crippen molar-refractivity contribution in [2.45, 2.75) is 37.1 Å². The van der Waals surface area contributed by atoms with Crippen LogP contribution in [-0.4, -0.2) is 27.3 Å². The summed E-state index contributed by atoms with van der Waals surface area (Å²) >= 11 is 1.76. The molecule has 0 aliphatic carbocycles. The van der Waals surface area contributed by atoms with Crippen molar-refractivity contribution in [2.24, 2.45) is 0 Å². The molecule has 2 unspecified atom stereocenters. The number of hydrogen-bond acceptors (Lipinski definition) is 3. The van der Waals surface area contributed by atoms with E-state index in [1.54, 1.807) is 11.8 Å². The number of rotatable bonds is 2. The summed E-state index contributed by atoms with van der Waals surface area (Å²) in [5.74, 6) is 2.31. The lowest BCUT2D eigenvalue weighted by Gasteiger charge is -2.29. The Morgan fingerprint density at radius 1 is 1.32 bits per heavy atom. The molecule has 5 heteroatoms. The van der Waals surface area contributed by atoms with Crippen molar-refractivity contribution in [3.05, 3.63) is 53.6 Å². The molecule has 0 bridgehead atoms. The predicted molar refractivity (Wildman–Crippen MR) is 87.8 cm³/mol. The summed E-state index contributed by atoms with van der Waals surface area (Å²) in [6.07, 6.45) is 6.81. The summed E-state index contributed by atoms with van der Waals surface area (Å²) in [6, 6.07) is 8.55. The minimum absolute atomic E-state index is 0.0610. The topological polar surface area (TPSA) is 46.9 Å². The molecule has 0 spiro atoms. The molecule has 2 atom stereocenters. The highest BCUT2D eigenvalue weighted by Gasteiger charge is 2.29. The van der Waals surface area contributed by atoms with Crippen molar-refractivity contribution >= 4 is 17.7 Å². The molecule has 22 heavy (non-hydrogen) atoms. The standard InChI is InChI=1S/C17H19N3OS/c21-17(16-14-4-2-1-3-12(14)7-10-22-16)19-13-5-6-15-18-8-9-20(15)11-13/h1-4,8-9,13,16H,5-7,10-11H2,(H,19,21). The summed E-state index contributed by atoms with van der Waals surface area (Å²) in [4.78, 5) is 17.1. The van der Waals surface area contributed by atoms with Crippen LogP contribution < -0.4 is 5.32 Å². The van der Waals surface area contributed by atoms with E-state index in [9.17, 15) is 4.79 Å². The Hall–Kier alpha value is -1.75. The van der Waals surface area contributed by atoms with Gasteiger partial charge in [0.1, 0.15) is 11.1 Å². The zero-order chi connectivity index (χ0) is 14.9. The lowest BCUT2D eigenvalue weighted by Crippen LogP contribution is -2.43. The van der Waals surface area contributed by atoms with Gasteiger partial charge in [-0.05, 0) is 29.7 Å². The third-order valence-corrected chi connectivity index (χ3v) is 5.75. The maximum Gasteiger partial charge on any atom is 0.237 e. The molecular weight excluding hydrogens is 294 g/mol. The Morgan fingerprint density at radius 3 is 3.18 bits per heavy atom. The van der Waals surface area contributed by atoms with Crippen LogP contribution in [0.15, 0.2) is 36.7 Å². The average Bonchev–Trinajstić information content (AvgIpc) is 3.02. The first-order valence-corrected chi connectivity index (χ1v) is 8.86. The Kier molecular flexibility index (Phi) is 3.66. The van der Waals surface area contributed by atoms with Crippen LogP contribution in [0.4, 0.5) is 0 Å². The largest absolute Gasteiger partial charge is 0.350 e. The lowest BCUT2D eigenvalue weighted by molar-refractivity contribution is -0.121. The van der Waals surface area contributed by atoms with E-state index in [1.165, 1.54) is 11.1 Å². The van der Waals surface area contributed by atoms with Crippen LogP contribution in [0.5, 0.6) is 0 Å². The van der Waals surface area contributed by atoms with Crippen molar-refractivity contribution in [3.8, 4) is 0 Å². The molecule has 2 aliphatic rings. The van der Waals surface area contributed by atoms with E-state index in [0.717, 1.165) is 37.4 Å². The molecule has 1 N–H and O–H groups in total. The minimum atomic E-state index is -0.0610. The monoisotopic (exact) mass is 313 g/mol. The molecule has 0 saturated carbocycles. The summed E-state index contributed by atoms with van der Waals surface area (Å²) in [6.45, 7) is 0.833. The van der Waals surface area contributed by atoms with Crippen LogP contribution in [0, 0.1) is 0 Å². The van der Waals surface area contributed by atoms with Crippen molar-refractivity contribution in [2.75, 3.05) is 5.75 Å². The van der Waals surface area contributed by atoms with E-state index in [-0.39, 0.29) is 17.2 Å². The van der Waals surface area contributed by atoms with Gasteiger partial charge >= 0.3 is 0 Å². The number of hydrogen-bond donors (Lipinski definition) is 1. The van der Waals surface area contributed by atoms with Gasteiger partial charge < -0.3 is 9.88 Å². The smallest absolute Gasteiger partial charge is 0.237 e. The van der Waals surface area contributed by atoms with Gasteiger partial charge in [-0.3, -0.25) is 4.79 Å². The van der Waals surface area contributed by atoms with E-state index in [4.69, 9.17) is 0 Å². The fourth-order valence-corrected chi connectivity index (χ4v) is 4.57. The number of aromatic nitrogens is 2. The van der Waals surface area contributed by atoms with E-state index in [1.807, 2.05) is 18.5 Å². The van der Waals surface area contributed by atoms with E-state index < -0.39 is 0 Å². The molecule has 1 aromatic heterocycles. The maximum absolute atomic E-state index is 12.7. The van der Waals surface area contributed by atoms with Gasteiger partial charge in [-0.25, -0.2) is 4.98 Å². The first-order valence-electron chi connectivity index (χ1n) is 7.81. The molecular formula is C17H19N3OS. The second kappa shape index (κ2) is 5.80. The SMILES string of the molecule is O=C(NC1CCc2nccn2C1)C1SCCc2ccccc21. The number of nitrogens with zero attached hydrogens (tertiary/aromatic N) is 2. The average molecular weight is 313 g/mol. The number of carbonyl (C=O) groups is 1. The molecule has 114 valence electrons. The Bertz CT molecular complexity index is 697. The Balaban J connectivity index is 1.47. The quantitative estimate of drug-likeness (QED) is 0.926. The molecule has 1 amide bonds. The number of fused-ring (bicyclic) bond motifs is 2. The van der Waals surface area contributed by atoms with Crippen LogP contribution in [0.2, 0.25) is 0 Å². The highest BCUT2D eigenvalue weighted by molar-refractivity contribution is 8.00. The van der Waals surface area contributed by atoms with E-state index in [0.29, 0.717) is 0 Å². The van der Waals surface area contributed by atoms with Gasteiger partial charge in [-0.1, -0.05) is 24.3 Å². The second-order valence-electron chi connectivity index (χ2n) is 5.94. The zero-order valence-electron chi connectivity index (χ0n) is 12.4. The fraction of sp³-hybridized carbons (Fsp3) is 0.412. The lowest BCUT2D eigenvalue weighted by atomic mass is 10.0. The van der Waals surface area contributed by atoms with Gasteiger partial charge in [-0.15, -0.1) is 11.8 Å². The molecule has 0 saturated heterocycles. The predicted octanol–water partition coefficient (Wildman–Crippen LogP) is 2.34. The number of carbonyl (C=O) groups excluding carboxylic acids is 1. The van der Waals surface area contributed by atoms with Crippen LogP contribution in [0.3, 0.4) is 0 Å². The van der Waals surface area contributed by atoms with Gasteiger partial charge in [0.15, 0.2) is 0 Å². The molecule has 4 rings (SSSR count). The third-order valence-electron chi connectivity index (χ3n) is 4.51. The van der Waals surface area contributed by atoms with Crippen molar-refractivity contribution in [1.82, 2.24) is 14.9 Å². The summed E-state index contributed by atoms with van der Waals surface area (Å²) in [5.41, 5.74) is 2.51. The fourth-order valence-electron chi connectivity index (χ4n) is 3.37. The van der Waals surface area contributed by atoms with Gasteiger partial charge in [0.2, 0.25) is 5.91 Å². The van der Waals surface area contributed by atoms with Crippen molar-refractivity contribution in [3.63, 3.8) is 0 Å².